The molecule has 0 amide bonds. The van der Waals surface area contributed by atoms with Gasteiger partial charge in [0.05, 0.1) is 0 Å². The van der Waals surface area contributed by atoms with E-state index in [1.165, 1.54) is 302 Å². The fraction of sp³-hybridized carbons (Fsp3) is 0.904. The number of esters is 3. The summed E-state index contributed by atoms with van der Waals surface area (Å²) in [5.41, 5.74) is 0. The summed E-state index contributed by atoms with van der Waals surface area (Å²) in [7, 11) is 0. The Balaban J connectivity index is 4.00. The second-order valence-electron chi connectivity index (χ2n) is 24.5. The topological polar surface area (TPSA) is 78.9 Å². The number of rotatable bonds is 67. The molecule has 0 spiro atoms. The molecule has 0 aromatic carbocycles. The molecular weight excluding hydrogens is 973 g/mol. The van der Waals surface area contributed by atoms with Crippen molar-refractivity contribution in [2.45, 2.75) is 412 Å². The van der Waals surface area contributed by atoms with Crippen LogP contribution in [0.25, 0.3) is 0 Å². The fourth-order valence-electron chi connectivity index (χ4n) is 11.1. The van der Waals surface area contributed by atoms with Gasteiger partial charge < -0.3 is 14.2 Å². The number of unbranched alkanes of at least 4 members (excludes halogenated alkanes) is 52. The molecule has 79 heavy (non-hydrogen) atoms. The maximum absolute atomic E-state index is 12.9. The average Bonchev–Trinajstić information content (AvgIpc) is 3.45. The van der Waals surface area contributed by atoms with Crippen molar-refractivity contribution < 1.29 is 28.6 Å². The monoisotopic (exact) mass is 1110 g/mol. The highest BCUT2D eigenvalue weighted by molar-refractivity contribution is 5.71. The molecule has 0 aromatic rings. The summed E-state index contributed by atoms with van der Waals surface area (Å²) in [6.07, 6.45) is 83.9. The Hall–Kier alpha value is -2.11. The zero-order valence-electron chi connectivity index (χ0n) is 53.7. The lowest BCUT2D eigenvalue weighted by atomic mass is 10.0. The summed E-state index contributed by atoms with van der Waals surface area (Å²) in [6.45, 7) is 6.66. The molecule has 0 aliphatic carbocycles. The van der Waals surface area contributed by atoms with Gasteiger partial charge in [0.15, 0.2) is 6.10 Å². The van der Waals surface area contributed by atoms with E-state index in [-0.39, 0.29) is 31.1 Å². The Morgan fingerprint density at radius 3 is 0.696 bits per heavy atom. The predicted octanol–water partition coefficient (Wildman–Crippen LogP) is 24.6. The lowest BCUT2D eigenvalue weighted by Crippen LogP contribution is -2.30. The summed E-state index contributed by atoms with van der Waals surface area (Å²) in [6, 6.07) is 0. The van der Waals surface area contributed by atoms with E-state index in [2.05, 4.69) is 45.1 Å². The van der Waals surface area contributed by atoms with E-state index in [4.69, 9.17) is 14.2 Å². The van der Waals surface area contributed by atoms with E-state index in [0.717, 1.165) is 64.2 Å². The van der Waals surface area contributed by atoms with Crippen molar-refractivity contribution in [2.75, 3.05) is 13.2 Å². The molecule has 0 bridgehead atoms. The minimum absolute atomic E-state index is 0.0654. The van der Waals surface area contributed by atoms with Crippen molar-refractivity contribution in [2.24, 2.45) is 0 Å². The van der Waals surface area contributed by atoms with Crippen molar-refractivity contribution in [3.8, 4) is 0 Å². The molecule has 0 heterocycles. The molecule has 0 rings (SSSR count). The van der Waals surface area contributed by atoms with Gasteiger partial charge >= 0.3 is 17.9 Å². The van der Waals surface area contributed by atoms with Gasteiger partial charge in [-0.2, -0.15) is 0 Å². The lowest BCUT2D eigenvalue weighted by Gasteiger charge is -2.18. The van der Waals surface area contributed by atoms with Crippen LogP contribution in [-0.4, -0.2) is 37.2 Å². The Kier molecular flexibility index (Phi) is 66.6. The van der Waals surface area contributed by atoms with Crippen LogP contribution in [0.1, 0.15) is 406 Å². The van der Waals surface area contributed by atoms with Crippen molar-refractivity contribution in [3.05, 3.63) is 24.3 Å². The fourth-order valence-corrected chi connectivity index (χ4v) is 11.1. The van der Waals surface area contributed by atoms with E-state index >= 15 is 0 Å². The van der Waals surface area contributed by atoms with E-state index < -0.39 is 6.10 Å². The number of carbonyl (C=O) groups excluding carboxylic acids is 3. The third-order valence-corrected chi connectivity index (χ3v) is 16.5. The number of carbonyl (C=O) groups is 3. The molecule has 0 fully saturated rings. The summed E-state index contributed by atoms with van der Waals surface area (Å²) in [5.74, 6) is -0.844. The minimum Gasteiger partial charge on any atom is -0.462 e. The molecule has 0 saturated carbocycles. The Bertz CT molecular complexity index is 1270. The highest BCUT2D eigenvalue weighted by Crippen LogP contribution is 2.19. The SMILES string of the molecule is CCCCCCC/C=C\C/C=C\CCCCCCCCCCCCCCCC(=O)OC(COC(=O)CCCCCCCCC)COC(=O)CCCCCCCCCCCCCCCCCCCCCCCCCCCCCCC. The van der Waals surface area contributed by atoms with Gasteiger partial charge in [0.25, 0.3) is 0 Å². The Labute approximate surface area is 493 Å². The molecule has 0 aliphatic heterocycles. The number of allylic oxidation sites excluding steroid dienone is 4. The van der Waals surface area contributed by atoms with Crippen LogP contribution in [0.5, 0.6) is 0 Å². The van der Waals surface area contributed by atoms with Crippen molar-refractivity contribution >= 4 is 17.9 Å². The first kappa shape index (κ1) is 76.9. The Morgan fingerprint density at radius 2 is 0.456 bits per heavy atom. The van der Waals surface area contributed by atoms with E-state index in [1.807, 2.05) is 0 Å². The van der Waals surface area contributed by atoms with Gasteiger partial charge in [-0.1, -0.05) is 360 Å². The Morgan fingerprint density at radius 1 is 0.253 bits per heavy atom. The quantitative estimate of drug-likeness (QED) is 0.0261. The average molecular weight is 1110 g/mol. The van der Waals surface area contributed by atoms with Gasteiger partial charge in [-0.05, 0) is 51.4 Å². The van der Waals surface area contributed by atoms with Gasteiger partial charge in [-0.15, -0.1) is 0 Å². The largest absolute Gasteiger partial charge is 0.462 e. The predicted molar refractivity (Wildman–Crippen MR) is 344 cm³/mol. The summed E-state index contributed by atoms with van der Waals surface area (Å²) in [4.78, 5) is 38.2. The zero-order valence-corrected chi connectivity index (χ0v) is 53.7. The highest BCUT2D eigenvalue weighted by Gasteiger charge is 2.19. The third-order valence-electron chi connectivity index (χ3n) is 16.5. The van der Waals surface area contributed by atoms with Crippen LogP contribution in [0, 0.1) is 0 Å². The zero-order chi connectivity index (χ0) is 57.1. The first-order valence-corrected chi connectivity index (χ1v) is 35.8. The van der Waals surface area contributed by atoms with Crippen LogP contribution in [-0.2, 0) is 28.6 Å². The molecule has 0 aromatic heterocycles. The van der Waals surface area contributed by atoms with Gasteiger partial charge in [0.2, 0.25) is 0 Å². The van der Waals surface area contributed by atoms with E-state index in [9.17, 15) is 14.4 Å². The number of hydrogen-bond acceptors (Lipinski definition) is 6. The second-order valence-corrected chi connectivity index (χ2v) is 24.5. The van der Waals surface area contributed by atoms with Gasteiger partial charge in [-0.3, -0.25) is 14.4 Å². The molecule has 1 unspecified atom stereocenters. The normalized spacial score (nSPS) is 12.1. The number of ether oxygens (including phenoxy) is 3. The van der Waals surface area contributed by atoms with Crippen molar-refractivity contribution in [1.29, 1.82) is 0 Å². The molecule has 466 valence electrons. The maximum atomic E-state index is 12.9. The minimum atomic E-state index is -0.766. The maximum Gasteiger partial charge on any atom is 0.306 e. The van der Waals surface area contributed by atoms with Crippen LogP contribution < -0.4 is 0 Å². The van der Waals surface area contributed by atoms with Crippen LogP contribution in [0.3, 0.4) is 0 Å². The van der Waals surface area contributed by atoms with Crippen molar-refractivity contribution in [3.63, 3.8) is 0 Å². The van der Waals surface area contributed by atoms with Crippen molar-refractivity contribution in [1.82, 2.24) is 0 Å². The second kappa shape index (κ2) is 68.4. The lowest BCUT2D eigenvalue weighted by molar-refractivity contribution is -0.167. The molecular formula is C73H138O6. The summed E-state index contributed by atoms with van der Waals surface area (Å²) in [5, 5.41) is 0. The summed E-state index contributed by atoms with van der Waals surface area (Å²) < 4.78 is 16.9. The summed E-state index contributed by atoms with van der Waals surface area (Å²) >= 11 is 0. The van der Waals surface area contributed by atoms with Gasteiger partial charge in [0.1, 0.15) is 13.2 Å². The molecule has 0 aliphatic rings. The smallest absolute Gasteiger partial charge is 0.306 e. The van der Waals surface area contributed by atoms with E-state index in [1.54, 1.807) is 0 Å². The van der Waals surface area contributed by atoms with Gasteiger partial charge in [-0.25, -0.2) is 0 Å². The third kappa shape index (κ3) is 66.6. The number of hydrogen-bond donors (Lipinski definition) is 0. The molecule has 0 radical (unpaired) electrons. The van der Waals surface area contributed by atoms with Crippen LogP contribution in [0.2, 0.25) is 0 Å². The molecule has 1 atom stereocenters. The molecule has 6 heteroatoms. The van der Waals surface area contributed by atoms with E-state index in [0.29, 0.717) is 19.3 Å². The molecule has 0 saturated heterocycles. The highest BCUT2D eigenvalue weighted by atomic mass is 16.6. The van der Waals surface area contributed by atoms with Crippen LogP contribution >= 0.6 is 0 Å². The standard InChI is InChI=1S/C73H138O6/c1-4-7-10-13-16-18-20-22-24-26-28-30-32-34-35-36-37-39-40-42-44-46-48-50-52-54-57-60-63-66-72(75)78-69-70(68-77-71(74)65-62-59-56-15-12-9-6-3)79-73(76)67-64-61-58-55-53-51-49-47-45-43-41-38-33-31-29-27-25-23-21-19-17-14-11-8-5-2/h21,23,27,29,70H,4-20,22,24-26,28,30-69H2,1-3H3/b23-21-,29-27-. The van der Waals surface area contributed by atoms with Crippen LogP contribution in [0.15, 0.2) is 24.3 Å². The van der Waals surface area contributed by atoms with Crippen LogP contribution in [0.4, 0.5) is 0 Å². The molecule has 6 nitrogen and oxygen atoms in total. The van der Waals surface area contributed by atoms with Gasteiger partial charge in [0, 0.05) is 19.3 Å². The first-order chi connectivity index (χ1) is 39.0. The molecule has 0 N–H and O–H groups in total. The first-order valence-electron chi connectivity index (χ1n) is 35.8.